The highest BCUT2D eigenvalue weighted by atomic mass is 79.9. The Balaban J connectivity index is 2.24. The largest absolute Gasteiger partial charge is 0.394 e. The monoisotopic (exact) mass is 327 g/mol. The van der Waals surface area contributed by atoms with Crippen molar-refractivity contribution in [3.63, 3.8) is 0 Å². The fraction of sp³-hybridized carbons (Fsp3) is 0.143. The van der Waals surface area contributed by atoms with Crippen LogP contribution in [0.25, 0.3) is 0 Å². The number of hydrogen-bond acceptors (Lipinski definition) is 2. The number of aliphatic hydroxyl groups is 1. The van der Waals surface area contributed by atoms with Gasteiger partial charge in [0, 0.05) is 10.2 Å². The number of benzene rings is 2. The van der Waals surface area contributed by atoms with E-state index < -0.39 is 6.04 Å². The van der Waals surface area contributed by atoms with Crippen molar-refractivity contribution < 1.29 is 13.9 Å². The molecule has 5 heteroatoms. The predicted octanol–water partition coefficient (Wildman–Crippen LogP) is 3.87. The van der Waals surface area contributed by atoms with E-state index in [1.807, 2.05) is 0 Å². The molecule has 100 valence electrons. The van der Waals surface area contributed by atoms with Crippen molar-refractivity contribution in [2.75, 3.05) is 11.9 Å². The summed E-state index contributed by atoms with van der Waals surface area (Å²) in [4.78, 5) is 0. The zero-order valence-corrected chi connectivity index (χ0v) is 11.5. The Bertz CT molecular complexity index is 560. The maximum absolute atomic E-state index is 13.3. The highest BCUT2D eigenvalue weighted by Gasteiger charge is 2.14. The topological polar surface area (TPSA) is 32.3 Å². The van der Waals surface area contributed by atoms with E-state index in [0.717, 1.165) is 0 Å². The van der Waals surface area contributed by atoms with E-state index >= 15 is 0 Å². The van der Waals surface area contributed by atoms with Crippen molar-refractivity contribution >= 4 is 21.6 Å². The van der Waals surface area contributed by atoms with Crippen LogP contribution in [-0.4, -0.2) is 11.7 Å². The summed E-state index contributed by atoms with van der Waals surface area (Å²) >= 11 is 3.32. The van der Waals surface area contributed by atoms with Gasteiger partial charge in [-0.05, 0) is 48.0 Å². The van der Waals surface area contributed by atoms with Gasteiger partial charge in [0.15, 0.2) is 0 Å². The average Bonchev–Trinajstić information content (AvgIpc) is 2.41. The number of rotatable bonds is 4. The van der Waals surface area contributed by atoms with Crippen molar-refractivity contribution in [1.29, 1.82) is 0 Å². The first-order valence-corrected chi connectivity index (χ1v) is 6.47. The van der Waals surface area contributed by atoms with Crippen molar-refractivity contribution in [3.05, 3.63) is 64.1 Å². The Hall–Kier alpha value is -1.46. The molecule has 0 aliphatic carbocycles. The van der Waals surface area contributed by atoms with Gasteiger partial charge in [0.2, 0.25) is 0 Å². The lowest BCUT2D eigenvalue weighted by Crippen LogP contribution is -2.15. The molecule has 0 amide bonds. The van der Waals surface area contributed by atoms with Gasteiger partial charge in [-0.25, -0.2) is 8.78 Å². The van der Waals surface area contributed by atoms with Gasteiger partial charge in [-0.2, -0.15) is 0 Å². The van der Waals surface area contributed by atoms with Gasteiger partial charge in [0.25, 0.3) is 0 Å². The molecule has 0 aliphatic rings. The van der Waals surface area contributed by atoms with Crippen LogP contribution in [0.5, 0.6) is 0 Å². The van der Waals surface area contributed by atoms with Crippen LogP contribution in [0.15, 0.2) is 46.9 Å². The van der Waals surface area contributed by atoms with Crippen LogP contribution in [0.4, 0.5) is 14.5 Å². The molecule has 0 spiro atoms. The van der Waals surface area contributed by atoms with E-state index in [1.54, 1.807) is 18.2 Å². The highest BCUT2D eigenvalue weighted by Crippen LogP contribution is 2.27. The lowest BCUT2D eigenvalue weighted by molar-refractivity contribution is 0.276. The minimum atomic E-state index is -0.476. The maximum Gasteiger partial charge on any atom is 0.123 e. The Kier molecular flexibility index (Phi) is 4.50. The number of halogens is 3. The second-order valence-corrected chi connectivity index (χ2v) is 4.91. The number of aliphatic hydroxyl groups excluding tert-OH is 1. The normalized spacial score (nSPS) is 12.2. The van der Waals surface area contributed by atoms with Crippen molar-refractivity contribution in [1.82, 2.24) is 0 Å². The van der Waals surface area contributed by atoms with Gasteiger partial charge < -0.3 is 10.4 Å². The van der Waals surface area contributed by atoms with Crippen molar-refractivity contribution in [3.8, 4) is 0 Å². The molecule has 0 saturated heterocycles. The summed E-state index contributed by atoms with van der Waals surface area (Å²) in [6, 6.07) is 9.54. The Morgan fingerprint density at radius 1 is 1.05 bits per heavy atom. The molecule has 2 nitrogen and oxygen atoms in total. The third-order valence-electron chi connectivity index (χ3n) is 2.70. The molecular formula is C14H12BrF2NO. The smallest absolute Gasteiger partial charge is 0.123 e. The molecule has 2 aromatic rings. The van der Waals surface area contributed by atoms with Crippen LogP contribution in [-0.2, 0) is 0 Å². The molecule has 0 saturated carbocycles. The quantitative estimate of drug-likeness (QED) is 0.893. The summed E-state index contributed by atoms with van der Waals surface area (Å²) in [5, 5.41) is 12.5. The molecule has 1 atom stereocenters. The van der Waals surface area contributed by atoms with Crippen LogP contribution in [0, 0.1) is 11.6 Å². The Labute approximate surface area is 118 Å². The summed E-state index contributed by atoms with van der Waals surface area (Å²) in [5.74, 6) is -0.712. The van der Waals surface area contributed by atoms with Crippen LogP contribution < -0.4 is 5.32 Å². The minimum absolute atomic E-state index is 0.209. The van der Waals surface area contributed by atoms with E-state index in [2.05, 4.69) is 21.2 Å². The standard InChI is InChI=1S/C14H12BrF2NO/c15-13-6-3-10(17)7-12(13)14(8-19)18-11-4-1-9(16)2-5-11/h1-7,14,18-19H,8H2. The first-order chi connectivity index (χ1) is 9.10. The number of anilines is 1. The molecule has 0 heterocycles. The molecule has 0 aromatic heterocycles. The molecule has 0 bridgehead atoms. The number of nitrogens with one attached hydrogen (secondary N) is 1. The summed E-state index contributed by atoms with van der Waals surface area (Å²) < 4.78 is 26.8. The molecule has 2 N–H and O–H groups in total. The van der Waals surface area contributed by atoms with E-state index in [0.29, 0.717) is 15.7 Å². The first-order valence-electron chi connectivity index (χ1n) is 5.68. The van der Waals surface area contributed by atoms with Gasteiger partial charge in [0.1, 0.15) is 11.6 Å². The fourth-order valence-corrected chi connectivity index (χ4v) is 2.27. The van der Waals surface area contributed by atoms with Gasteiger partial charge >= 0.3 is 0 Å². The molecular weight excluding hydrogens is 316 g/mol. The summed E-state index contributed by atoms with van der Waals surface area (Å²) in [6.45, 7) is -0.209. The molecule has 0 fully saturated rings. The molecule has 19 heavy (non-hydrogen) atoms. The lowest BCUT2D eigenvalue weighted by atomic mass is 10.1. The van der Waals surface area contributed by atoms with Gasteiger partial charge in [-0.1, -0.05) is 15.9 Å². The SMILES string of the molecule is OCC(Nc1ccc(F)cc1)c1cc(F)ccc1Br. The molecule has 2 aromatic carbocycles. The average molecular weight is 328 g/mol. The highest BCUT2D eigenvalue weighted by molar-refractivity contribution is 9.10. The van der Waals surface area contributed by atoms with E-state index in [4.69, 9.17) is 0 Å². The predicted molar refractivity (Wildman–Crippen MR) is 73.9 cm³/mol. The zero-order valence-electron chi connectivity index (χ0n) is 9.91. The van der Waals surface area contributed by atoms with Crippen LogP contribution in [0.3, 0.4) is 0 Å². The second-order valence-electron chi connectivity index (χ2n) is 4.05. The molecule has 0 aliphatic heterocycles. The van der Waals surface area contributed by atoms with Gasteiger partial charge in [0.05, 0.1) is 12.6 Å². The van der Waals surface area contributed by atoms with Gasteiger partial charge in [-0.3, -0.25) is 0 Å². The van der Waals surface area contributed by atoms with E-state index in [9.17, 15) is 13.9 Å². The summed E-state index contributed by atoms with van der Waals surface area (Å²) in [7, 11) is 0. The Morgan fingerprint density at radius 2 is 1.68 bits per heavy atom. The third-order valence-corrected chi connectivity index (χ3v) is 3.42. The molecule has 0 radical (unpaired) electrons. The molecule has 2 rings (SSSR count). The zero-order chi connectivity index (χ0) is 13.8. The maximum atomic E-state index is 13.3. The van der Waals surface area contributed by atoms with E-state index in [-0.39, 0.29) is 18.2 Å². The van der Waals surface area contributed by atoms with Gasteiger partial charge in [-0.15, -0.1) is 0 Å². The summed E-state index contributed by atoms with van der Waals surface area (Å²) in [5.41, 5.74) is 1.25. The van der Waals surface area contributed by atoms with Crippen LogP contribution in [0.2, 0.25) is 0 Å². The Morgan fingerprint density at radius 3 is 2.32 bits per heavy atom. The van der Waals surface area contributed by atoms with Crippen LogP contribution in [0.1, 0.15) is 11.6 Å². The van der Waals surface area contributed by atoms with E-state index in [1.165, 1.54) is 24.3 Å². The second kappa shape index (κ2) is 6.12. The third kappa shape index (κ3) is 3.52. The van der Waals surface area contributed by atoms with Crippen LogP contribution >= 0.6 is 15.9 Å². The number of hydrogen-bond donors (Lipinski definition) is 2. The summed E-state index contributed by atoms with van der Waals surface area (Å²) in [6.07, 6.45) is 0. The minimum Gasteiger partial charge on any atom is -0.394 e. The first kappa shape index (κ1) is 14.0. The van der Waals surface area contributed by atoms with Crippen molar-refractivity contribution in [2.45, 2.75) is 6.04 Å². The lowest BCUT2D eigenvalue weighted by Gasteiger charge is -2.19. The van der Waals surface area contributed by atoms with Crippen molar-refractivity contribution in [2.24, 2.45) is 0 Å². The fourth-order valence-electron chi connectivity index (χ4n) is 1.75. The molecule has 1 unspecified atom stereocenters.